The first kappa shape index (κ1) is 15.3. The third kappa shape index (κ3) is 4.45. The second kappa shape index (κ2) is 7.07. The lowest BCUT2D eigenvalue weighted by Gasteiger charge is -2.15. The van der Waals surface area contributed by atoms with Crippen LogP contribution in [0, 0.1) is 13.8 Å². The number of hydrogen-bond acceptors (Lipinski definition) is 1. The quantitative estimate of drug-likeness (QED) is 0.878. The highest BCUT2D eigenvalue weighted by atomic mass is 16.1. The maximum Gasteiger partial charge on any atom is 0.220 e. The molecule has 0 bridgehead atoms. The van der Waals surface area contributed by atoms with Gasteiger partial charge in [0, 0.05) is 6.42 Å². The van der Waals surface area contributed by atoms with E-state index in [1.54, 1.807) is 0 Å². The van der Waals surface area contributed by atoms with Gasteiger partial charge in [-0.05, 0) is 49.4 Å². The summed E-state index contributed by atoms with van der Waals surface area (Å²) in [6.45, 7) is 6.23. The van der Waals surface area contributed by atoms with Crippen molar-refractivity contribution in [2.75, 3.05) is 0 Å². The van der Waals surface area contributed by atoms with Crippen molar-refractivity contribution in [3.8, 4) is 0 Å². The number of hydrogen-bond donors (Lipinski definition) is 1. The Morgan fingerprint density at radius 1 is 1.05 bits per heavy atom. The molecule has 0 aromatic heterocycles. The minimum atomic E-state index is 0.0487. The molecular weight excluding hydrogens is 258 g/mol. The van der Waals surface area contributed by atoms with E-state index in [2.05, 4.69) is 49.5 Å². The first-order chi connectivity index (χ1) is 10.1. The lowest BCUT2D eigenvalue weighted by Crippen LogP contribution is -2.26. The van der Waals surface area contributed by atoms with E-state index >= 15 is 0 Å². The van der Waals surface area contributed by atoms with E-state index in [9.17, 15) is 4.79 Å². The van der Waals surface area contributed by atoms with Crippen LogP contribution in [0.4, 0.5) is 0 Å². The van der Waals surface area contributed by atoms with Crippen molar-refractivity contribution in [2.24, 2.45) is 0 Å². The van der Waals surface area contributed by atoms with E-state index in [-0.39, 0.29) is 11.9 Å². The molecule has 0 radical (unpaired) electrons. The van der Waals surface area contributed by atoms with E-state index < -0.39 is 0 Å². The topological polar surface area (TPSA) is 29.1 Å². The Morgan fingerprint density at radius 2 is 1.76 bits per heavy atom. The van der Waals surface area contributed by atoms with E-state index in [0.717, 1.165) is 12.0 Å². The average molecular weight is 281 g/mol. The molecule has 2 aromatic carbocycles. The van der Waals surface area contributed by atoms with Crippen molar-refractivity contribution in [1.82, 2.24) is 5.32 Å². The molecule has 1 unspecified atom stereocenters. The molecule has 1 amide bonds. The molecular formula is C19H23NO. The van der Waals surface area contributed by atoms with Gasteiger partial charge in [0.25, 0.3) is 0 Å². The van der Waals surface area contributed by atoms with Crippen molar-refractivity contribution in [3.05, 3.63) is 70.8 Å². The predicted octanol–water partition coefficient (Wildman–Crippen LogP) is 4.11. The fourth-order valence-corrected chi connectivity index (χ4v) is 2.33. The Labute approximate surface area is 127 Å². The monoisotopic (exact) mass is 281 g/mol. The van der Waals surface area contributed by atoms with Crippen molar-refractivity contribution in [1.29, 1.82) is 0 Å². The SMILES string of the molecule is Cc1ccc(C(C)NC(=O)CCc2ccccc2)cc1C. The molecule has 0 aliphatic rings. The maximum absolute atomic E-state index is 12.0. The van der Waals surface area contributed by atoms with Crippen LogP contribution >= 0.6 is 0 Å². The number of aryl methyl sites for hydroxylation is 3. The standard InChI is InChI=1S/C19H23NO/c1-14-9-11-18(13-15(14)2)16(3)20-19(21)12-10-17-7-5-4-6-8-17/h4-9,11,13,16H,10,12H2,1-3H3,(H,20,21). The fraction of sp³-hybridized carbons (Fsp3) is 0.316. The molecule has 0 fully saturated rings. The largest absolute Gasteiger partial charge is 0.350 e. The Kier molecular flexibility index (Phi) is 5.15. The van der Waals surface area contributed by atoms with Crippen molar-refractivity contribution in [2.45, 2.75) is 39.7 Å². The van der Waals surface area contributed by atoms with Crippen LogP contribution in [-0.4, -0.2) is 5.91 Å². The summed E-state index contributed by atoms with van der Waals surface area (Å²) in [5.41, 5.74) is 4.90. The van der Waals surface area contributed by atoms with Crippen LogP contribution in [0.3, 0.4) is 0 Å². The molecule has 2 rings (SSSR count). The van der Waals surface area contributed by atoms with Crippen LogP contribution in [0.15, 0.2) is 48.5 Å². The summed E-state index contributed by atoms with van der Waals surface area (Å²) in [7, 11) is 0. The molecule has 0 saturated carbocycles. The highest BCUT2D eigenvalue weighted by Crippen LogP contribution is 2.17. The van der Waals surface area contributed by atoms with Crippen LogP contribution in [0.2, 0.25) is 0 Å². The van der Waals surface area contributed by atoms with E-state index in [1.165, 1.54) is 16.7 Å². The van der Waals surface area contributed by atoms with Crippen LogP contribution in [0.5, 0.6) is 0 Å². The highest BCUT2D eigenvalue weighted by Gasteiger charge is 2.10. The summed E-state index contributed by atoms with van der Waals surface area (Å²) in [6, 6.07) is 16.5. The number of nitrogens with one attached hydrogen (secondary N) is 1. The minimum absolute atomic E-state index is 0.0487. The van der Waals surface area contributed by atoms with Gasteiger partial charge in [-0.3, -0.25) is 4.79 Å². The van der Waals surface area contributed by atoms with Gasteiger partial charge in [0.1, 0.15) is 0 Å². The molecule has 0 heterocycles. The van der Waals surface area contributed by atoms with Crippen LogP contribution in [0.25, 0.3) is 0 Å². The van der Waals surface area contributed by atoms with Gasteiger partial charge in [-0.15, -0.1) is 0 Å². The van der Waals surface area contributed by atoms with Gasteiger partial charge in [0.05, 0.1) is 6.04 Å². The summed E-state index contributed by atoms with van der Waals surface area (Å²) in [6.07, 6.45) is 1.31. The Hall–Kier alpha value is -2.09. The zero-order valence-electron chi connectivity index (χ0n) is 13.0. The summed E-state index contributed by atoms with van der Waals surface area (Å²) in [5.74, 6) is 0.101. The Bertz CT molecular complexity index is 604. The van der Waals surface area contributed by atoms with Gasteiger partial charge >= 0.3 is 0 Å². The third-order valence-corrected chi connectivity index (χ3v) is 3.89. The van der Waals surface area contributed by atoms with E-state index in [4.69, 9.17) is 0 Å². The molecule has 2 nitrogen and oxygen atoms in total. The van der Waals surface area contributed by atoms with Crippen LogP contribution in [0.1, 0.15) is 41.6 Å². The van der Waals surface area contributed by atoms with E-state index in [0.29, 0.717) is 6.42 Å². The van der Waals surface area contributed by atoms with Crippen molar-refractivity contribution < 1.29 is 4.79 Å². The Morgan fingerprint density at radius 3 is 2.43 bits per heavy atom. The maximum atomic E-state index is 12.0. The number of benzene rings is 2. The predicted molar refractivity (Wildman–Crippen MR) is 87.2 cm³/mol. The van der Waals surface area contributed by atoms with Gasteiger partial charge < -0.3 is 5.32 Å². The smallest absolute Gasteiger partial charge is 0.220 e. The molecule has 0 saturated heterocycles. The number of carbonyl (C=O) groups is 1. The van der Waals surface area contributed by atoms with Crippen molar-refractivity contribution >= 4 is 5.91 Å². The summed E-state index contributed by atoms with van der Waals surface area (Å²) in [4.78, 5) is 12.0. The Balaban J connectivity index is 1.88. The average Bonchev–Trinajstić information content (AvgIpc) is 2.49. The molecule has 0 aliphatic carbocycles. The lowest BCUT2D eigenvalue weighted by atomic mass is 10.0. The zero-order valence-corrected chi connectivity index (χ0v) is 13.0. The van der Waals surface area contributed by atoms with E-state index in [1.807, 2.05) is 25.1 Å². The zero-order chi connectivity index (χ0) is 15.2. The first-order valence-electron chi connectivity index (χ1n) is 7.46. The third-order valence-electron chi connectivity index (χ3n) is 3.89. The second-order valence-electron chi connectivity index (χ2n) is 5.62. The van der Waals surface area contributed by atoms with Crippen molar-refractivity contribution in [3.63, 3.8) is 0 Å². The molecule has 110 valence electrons. The number of amides is 1. The molecule has 1 atom stereocenters. The van der Waals surface area contributed by atoms with Gasteiger partial charge in [-0.25, -0.2) is 0 Å². The summed E-state index contributed by atoms with van der Waals surface area (Å²) in [5, 5.41) is 3.07. The van der Waals surface area contributed by atoms with Gasteiger partial charge in [-0.1, -0.05) is 48.5 Å². The second-order valence-corrected chi connectivity index (χ2v) is 5.62. The molecule has 0 aliphatic heterocycles. The van der Waals surface area contributed by atoms with Crippen LogP contribution < -0.4 is 5.32 Å². The lowest BCUT2D eigenvalue weighted by molar-refractivity contribution is -0.121. The van der Waals surface area contributed by atoms with Gasteiger partial charge in [-0.2, -0.15) is 0 Å². The number of carbonyl (C=O) groups excluding carboxylic acids is 1. The number of rotatable bonds is 5. The molecule has 21 heavy (non-hydrogen) atoms. The molecule has 2 aromatic rings. The molecule has 0 spiro atoms. The molecule has 2 heteroatoms. The normalized spacial score (nSPS) is 12.0. The minimum Gasteiger partial charge on any atom is -0.350 e. The van der Waals surface area contributed by atoms with Crippen LogP contribution in [-0.2, 0) is 11.2 Å². The highest BCUT2D eigenvalue weighted by molar-refractivity contribution is 5.76. The summed E-state index contributed by atoms with van der Waals surface area (Å²) < 4.78 is 0. The first-order valence-corrected chi connectivity index (χ1v) is 7.46. The molecule has 1 N–H and O–H groups in total. The van der Waals surface area contributed by atoms with Gasteiger partial charge in [0.2, 0.25) is 5.91 Å². The summed E-state index contributed by atoms with van der Waals surface area (Å²) >= 11 is 0. The fourth-order valence-electron chi connectivity index (χ4n) is 2.33. The van der Waals surface area contributed by atoms with Gasteiger partial charge in [0.15, 0.2) is 0 Å².